The molecule has 0 spiro atoms. The first-order chi connectivity index (χ1) is 9.11. The number of hydrogen-bond donors (Lipinski definition) is 1. The van der Waals surface area contributed by atoms with Crippen molar-refractivity contribution in [2.75, 3.05) is 11.5 Å². The van der Waals surface area contributed by atoms with Gasteiger partial charge in [-0.2, -0.15) is 0 Å². The van der Waals surface area contributed by atoms with Crippen LogP contribution in [0.2, 0.25) is 0 Å². The van der Waals surface area contributed by atoms with Crippen molar-refractivity contribution in [2.45, 2.75) is 25.4 Å². The number of furan rings is 1. The lowest BCUT2D eigenvalue weighted by Gasteiger charge is -2.16. The maximum atomic E-state index is 11.9. The molecule has 0 bridgehead atoms. The molecule has 19 heavy (non-hydrogen) atoms. The first-order valence-electron chi connectivity index (χ1n) is 6.42. The van der Waals surface area contributed by atoms with Gasteiger partial charge in [0.1, 0.15) is 11.3 Å². The lowest BCUT2D eigenvalue weighted by molar-refractivity contribution is 0.416. The van der Waals surface area contributed by atoms with E-state index in [1.54, 1.807) is 0 Å². The molecule has 1 aromatic heterocycles. The van der Waals surface area contributed by atoms with Crippen molar-refractivity contribution in [1.29, 1.82) is 0 Å². The maximum absolute atomic E-state index is 11.9. The minimum absolute atomic E-state index is 0.0458. The second-order valence-corrected chi connectivity index (χ2v) is 7.59. The summed E-state index contributed by atoms with van der Waals surface area (Å²) in [5, 5.41) is 4.58. The van der Waals surface area contributed by atoms with Gasteiger partial charge in [-0.3, -0.25) is 4.21 Å². The second kappa shape index (κ2) is 5.38. The highest BCUT2D eigenvalue weighted by Gasteiger charge is 2.24. The molecule has 1 N–H and O–H groups in total. The molecule has 3 nitrogen and oxygen atoms in total. The van der Waals surface area contributed by atoms with E-state index in [-0.39, 0.29) is 6.04 Å². The summed E-state index contributed by atoms with van der Waals surface area (Å²) in [5.74, 6) is 2.29. The zero-order valence-electron chi connectivity index (χ0n) is 10.7. The molecule has 102 valence electrons. The van der Waals surface area contributed by atoms with Crippen LogP contribution in [-0.2, 0) is 10.8 Å². The Balaban J connectivity index is 1.95. The predicted molar refractivity (Wildman–Crippen MR) is 81.7 cm³/mol. The van der Waals surface area contributed by atoms with Gasteiger partial charge in [0, 0.05) is 38.2 Å². The van der Waals surface area contributed by atoms with Gasteiger partial charge in [-0.15, -0.1) is 0 Å². The van der Waals surface area contributed by atoms with Crippen LogP contribution in [0.4, 0.5) is 0 Å². The van der Waals surface area contributed by atoms with Crippen molar-refractivity contribution in [1.82, 2.24) is 5.32 Å². The molecule has 5 heteroatoms. The lowest BCUT2D eigenvalue weighted by atomic mass is 10.2. The minimum atomic E-state index is -0.767. The third kappa shape index (κ3) is 2.93. The van der Waals surface area contributed by atoms with Crippen LogP contribution >= 0.6 is 15.9 Å². The molecule has 0 amide bonds. The van der Waals surface area contributed by atoms with Gasteiger partial charge >= 0.3 is 0 Å². The Labute approximate surface area is 123 Å². The van der Waals surface area contributed by atoms with Gasteiger partial charge in [0.2, 0.25) is 0 Å². The highest BCUT2D eigenvalue weighted by atomic mass is 79.9. The molecule has 1 fully saturated rings. The van der Waals surface area contributed by atoms with Crippen LogP contribution < -0.4 is 5.32 Å². The monoisotopic (exact) mass is 341 g/mol. The van der Waals surface area contributed by atoms with Crippen LogP contribution in [-0.4, -0.2) is 21.8 Å². The summed E-state index contributed by atoms with van der Waals surface area (Å²) in [4.78, 5) is 0. The average molecular weight is 342 g/mol. The molecule has 0 radical (unpaired) electrons. The van der Waals surface area contributed by atoms with Crippen molar-refractivity contribution in [3.05, 3.63) is 34.5 Å². The fourth-order valence-electron chi connectivity index (χ4n) is 2.42. The normalized spacial score (nSPS) is 28.4. The highest BCUT2D eigenvalue weighted by Crippen LogP contribution is 2.28. The van der Waals surface area contributed by atoms with Gasteiger partial charge in [-0.25, -0.2) is 0 Å². The number of benzene rings is 1. The van der Waals surface area contributed by atoms with E-state index >= 15 is 0 Å². The quantitative estimate of drug-likeness (QED) is 0.864. The molecule has 2 aromatic rings. The van der Waals surface area contributed by atoms with Crippen LogP contribution in [0.25, 0.3) is 11.0 Å². The van der Waals surface area contributed by atoms with E-state index in [0.717, 1.165) is 33.4 Å². The first kappa shape index (κ1) is 13.3. The van der Waals surface area contributed by atoms with E-state index < -0.39 is 10.8 Å². The van der Waals surface area contributed by atoms with Crippen LogP contribution in [0, 0.1) is 0 Å². The molecule has 2 heterocycles. The second-order valence-electron chi connectivity index (χ2n) is 5.05. The van der Waals surface area contributed by atoms with Gasteiger partial charge in [0.15, 0.2) is 0 Å². The molecule has 3 rings (SSSR count). The Morgan fingerprint density at radius 1 is 1.42 bits per heavy atom. The summed E-state index contributed by atoms with van der Waals surface area (Å²) in [6.07, 6.45) is 0.953. The summed E-state index contributed by atoms with van der Waals surface area (Å²) < 4.78 is 18.8. The predicted octanol–water partition coefficient (Wildman–Crippen LogP) is 3.37. The molecule has 1 aliphatic heterocycles. The SMILES string of the molecule is CC1CCS(=O)CC(c2cc3cc(Br)ccc3o2)N1. The van der Waals surface area contributed by atoms with Crippen LogP contribution in [0.3, 0.4) is 0 Å². The lowest BCUT2D eigenvalue weighted by Crippen LogP contribution is -2.30. The van der Waals surface area contributed by atoms with Crippen LogP contribution in [0.1, 0.15) is 25.1 Å². The Morgan fingerprint density at radius 3 is 3.11 bits per heavy atom. The Kier molecular flexibility index (Phi) is 3.78. The van der Waals surface area contributed by atoms with E-state index in [1.165, 1.54) is 0 Å². The number of fused-ring (bicyclic) bond motifs is 1. The van der Waals surface area contributed by atoms with Crippen molar-refractivity contribution in [3.63, 3.8) is 0 Å². The van der Waals surface area contributed by atoms with Crippen LogP contribution in [0.5, 0.6) is 0 Å². The standard InChI is InChI=1S/C14H16BrNO2S/c1-9-4-5-19(17)8-12(16-9)14-7-10-6-11(15)2-3-13(10)18-14/h2-3,6-7,9,12,16H,4-5,8H2,1H3. The van der Waals surface area contributed by atoms with Gasteiger partial charge in [0.05, 0.1) is 6.04 Å². The van der Waals surface area contributed by atoms with E-state index in [2.05, 4.69) is 28.2 Å². The van der Waals surface area contributed by atoms with Crippen molar-refractivity contribution < 1.29 is 8.63 Å². The molecular weight excluding hydrogens is 326 g/mol. The maximum Gasteiger partial charge on any atom is 0.134 e. The van der Waals surface area contributed by atoms with E-state index in [9.17, 15) is 4.21 Å². The molecule has 0 aliphatic carbocycles. The van der Waals surface area contributed by atoms with Gasteiger partial charge in [0.25, 0.3) is 0 Å². The largest absolute Gasteiger partial charge is 0.459 e. The zero-order valence-corrected chi connectivity index (χ0v) is 13.1. The molecule has 1 aromatic carbocycles. The molecule has 1 saturated heterocycles. The average Bonchev–Trinajstić information content (AvgIpc) is 2.70. The van der Waals surface area contributed by atoms with E-state index in [4.69, 9.17) is 4.42 Å². The molecule has 3 unspecified atom stereocenters. The molecular formula is C14H16BrNO2S. The summed E-state index contributed by atoms with van der Waals surface area (Å²) >= 11 is 3.46. The highest BCUT2D eigenvalue weighted by molar-refractivity contribution is 9.10. The van der Waals surface area contributed by atoms with Crippen molar-refractivity contribution in [2.24, 2.45) is 0 Å². The number of halogens is 1. The number of hydrogen-bond acceptors (Lipinski definition) is 3. The van der Waals surface area contributed by atoms with E-state index in [0.29, 0.717) is 11.8 Å². The minimum Gasteiger partial charge on any atom is -0.459 e. The fraction of sp³-hybridized carbons (Fsp3) is 0.429. The van der Waals surface area contributed by atoms with Crippen molar-refractivity contribution in [3.8, 4) is 0 Å². The topological polar surface area (TPSA) is 42.2 Å². The zero-order chi connectivity index (χ0) is 13.4. The summed E-state index contributed by atoms with van der Waals surface area (Å²) in [5.41, 5.74) is 0.877. The molecule has 3 atom stereocenters. The molecule has 0 saturated carbocycles. The van der Waals surface area contributed by atoms with Gasteiger partial charge < -0.3 is 9.73 Å². The van der Waals surface area contributed by atoms with Gasteiger partial charge in [-0.1, -0.05) is 15.9 Å². The fourth-order valence-corrected chi connectivity index (χ4v) is 4.22. The van der Waals surface area contributed by atoms with Crippen molar-refractivity contribution >= 4 is 37.7 Å². The van der Waals surface area contributed by atoms with Gasteiger partial charge in [-0.05, 0) is 37.6 Å². The third-order valence-electron chi connectivity index (χ3n) is 3.46. The Bertz CT molecular complexity index is 625. The van der Waals surface area contributed by atoms with Crippen LogP contribution in [0.15, 0.2) is 33.2 Å². The Morgan fingerprint density at radius 2 is 2.26 bits per heavy atom. The van der Waals surface area contributed by atoms with E-state index in [1.807, 2.05) is 24.3 Å². The molecule has 1 aliphatic rings. The smallest absolute Gasteiger partial charge is 0.134 e. The first-order valence-corrected chi connectivity index (χ1v) is 8.70. The number of nitrogens with one attached hydrogen (secondary N) is 1. The summed E-state index contributed by atoms with van der Waals surface area (Å²) in [7, 11) is -0.767. The number of rotatable bonds is 1. The summed E-state index contributed by atoms with van der Waals surface area (Å²) in [6.45, 7) is 2.13. The Hall–Kier alpha value is -0.650. The summed E-state index contributed by atoms with van der Waals surface area (Å²) in [6, 6.07) is 8.43. The third-order valence-corrected chi connectivity index (χ3v) is 5.35.